The summed E-state index contributed by atoms with van der Waals surface area (Å²) < 4.78 is 13.2. The molecule has 4 heteroatoms. The highest BCUT2D eigenvalue weighted by Gasteiger charge is 2.15. The predicted octanol–water partition coefficient (Wildman–Crippen LogP) is 4.83. The first kappa shape index (κ1) is 13.5. The van der Waals surface area contributed by atoms with Gasteiger partial charge in [-0.3, -0.25) is 0 Å². The minimum atomic E-state index is -0.187. The minimum Gasteiger partial charge on any atom is -0.301 e. The van der Waals surface area contributed by atoms with Crippen LogP contribution in [-0.2, 0) is 6.54 Å². The van der Waals surface area contributed by atoms with Gasteiger partial charge in [-0.15, -0.1) is 22.7 Å². The Bertz CT molecular complexity index is 613. The van der Waals surface area contributed by atoms with Gasteiger partial charge >= 0.3 is 0 Å². The molecule has 0 aliphatic heterocycles. The molecule has 102 valence electrons. The molecule has 20 heavy (non-hydrogen) atoms. The standard InChI is InChI=1S/C16H14FNS2/c17-13-5-1-4-12(10-13)11-18-16(14-6-2-8-19-14)15-7-3-9-20-15/h1-10,16,18H,11H2. The first-order valence-corrected chi connectivity index (χ1v) is 8.13. The van der Waals surface area contributed by atoms with Gasteiger partial charge in [-0.1, -0.05) is 24.3 Å². The van der Waals surface area contributed by atoms with Crippen molar-refractivity contribution < 1.29 is 4.39 Å². The van der Waals surface area contributed by atoms with Crippen molar-refractivity contribution in [3.05, 3.63) is 80.4 Å². The molecule has 1 N–H and O–H groups in total. The Kier molecular flexibility index (Phi) is 4.25. The third-order valence-electron chi connectivity index (χ3n) is 3.05. The Labute approximate surface area is 125 Å². The number of nitrogens with one attached hydrogen (secondary N) is 1. The third kappa shape index (κ3) is 3.15. The molecule has 1 nitrogen and oxygen atoms in total. The van der Waals surface area contributed by atoms with Crippen molar-refractivity contribution in [1.29, 1.82) is 0 Å². The zero-order chi connectivity index (χ0) is 13.8. The number of thiophene rings is 2. The van der Waals surface area contributed by atoms with Crippen LogP contribution in [0.1, 0.15) is 21.4 Å². The molecular formula is C16H14FNS2. The Hall–Kier alpha value is -1.49. The van der Waals surface area contributed by atoms with Gasteiger partial charge in [0.15, 0.2) is 0 Å². The molecule has 2 aromatic heterocycles. The van der Waals surface area contributed by atoms with E-state index in [-0.39, 0.29) is 11.9 Å². The molecule has 0 saturated heterocycles. The summed E-state index contributed by atoms with van der Waals surface area (Å²) in [5, 5.41) is 7.69. The highest BCUT2D eigenvalue weighted by Crippen LogP contribution is 2.29. The van der Waals surface area contributed by atoms with E-state index in [4.69, 9.17) is 0 Å². The second-order valence-electron chi connectivity index (χ2n) is 4.47. The van der Waals surface area contributed by atoms with Gasteiger partial charge in [0.2, 0.25) is 0 Å². The molecule has 0 fully saturated rings. The molecule has 0 atom stereocenters. The van der Waals surface area contributed by atoms with E-state index < -0.39 is 0 Å². The summed E-state index contributed by atoms with van der Waals surface area (Å²) in [5.41, 5.74) is 0.961. The van der Waals surface area contributed by atoms with Crippen LogP contribution in [0.25, 0.3) is 0 Å². The SMILES string of the molecule is Fc1cccc(CNC(c2cccs2)c2cccs2)c1. The van der Waals surface area contributed by atoms with E-state index in [9.17, 15) is 4.39 Å². The van der Waals surface area contributed by atoms with E-state index in [2.05, 4.69) is 40.3 Å². The quantitative estimate of drug-likeness (QED) is 0.712. The average Bonchev–Trinajstić information content (AvgIpc) is 3.12. The lowest BCUT2D eigenvalue weighted by atomic mass is 10.1. The van der Waals surface area contributed by atoms with Gasteiger partial charge < -0.3 is 5.32 Å². The van der Waals surface area contributed by atoms with E-state index in [1.807, 2.05) is 6.07 Å². The lowest BCUT2D eigenvalue weighted by molar-refractivity contribution is 0.604. The topological polar surface area (TPSA) is 12.0 Å². The van der Waals surface area contributed by atoms with Crippen LogP contribution in [-0.4, -0.2) is 0 Å². The number of halogens is 1. The molecular weight excluding hydrogens is 289 g/mol. The number of hydrogen-bond acceptors (Lipinski definition) is 3. The van der Waals surface area contributed by atoms with Gasteiger partial charge in [0.05, 0.1) is 6.04 Å². The zero-order valence-electron chi connectivity index (χ0n) is 10.8. The van der Waals surface area contributed by atoms with Crippen LogP contribution in [0.2, 0.25) is 0 Å². The Morgan fingerprint density at radius 3 is 2.20 bits per heavy atom. The number of benzene rings is 1. The third-order valence-corrected chi connectivity index (χ3v) is 4.93. The summed E-state index contributed by atoms with van der Waals surface area (Å²) in [7, 11) is 0. The van der Waals surface area contributed by atoms with Gasteiger partial charge in [0, 0.05) is 16.3 Å². The van der Waals surface area contributed by atoms with E-state index >= 15 is 0 Å². The molecule has 0 amide bonds. The largest absolute Gasteiger partial charge is 0.301 e. The monoisotopic (exact) mass is 303 g/mol. The van der Waals surface area contributed by atoms with Crippen LogP contribution in [0.15, 0.2) is 59.3 Å². The molecule has 3 rings (SSSR count). The molecule has 0 spiro atoms. The Balaban J connectivity index is 1.78. The van der Waals surface area contributed by atoms with Crippen LogP contribution in [0.3, 0.4) is 0 Å². The van der Waals surface area contributed by atoms with Crippen LogP contribution in [0.5, 0.6) is 0 Å². The normalized spacial score (nSPS) is 11.1. The van der Waals surface area contributed by atoms with E-state index in [1.54, 1.807) is 34.8 Å². The van der Waals surface area contributed by atoms with E-state index in [0.29, 0.717) is 6.54 Å². The Morgan fingerprint density at radius 1 is 0.950 bits per heavy atom. The lowest BCUT2D eigenvalue weighted by Crippen LogP contribution is -2.20. The van der Waals surface area contributed by atoms with E-state index in [1.165, 1.54) is 15.8 Å². The van der Waals surface area contributed by atoms with Gasteiger partial charge in [-0.2, -0.15) is 0 Å². The van der Waals surface area contributed by atoms with Crippen LogP contribution in [0.4, 0.5) is 4.39 Å². The molecule has 2 heterocycles. The average molecular weight is 303 g/mol. The fourth-order valence-electron chi connectivity index (χ4n) is 2.12. The van der Waals surface area contributed by atoms with Crippen molar-refractivity contribution in [3.63, 3.8) is 0 Å². The maximum Gasteiger partial charge on any atom is 0.123 e. The molecule has 0 saturated carbocycles. The summed E-state index contributed by atoms with van der Waals surface area (Å²) in [6.07, 6.45) is 0. The number of rotatable bonds is 5. The minimum absolute atomic E-state index is 0.179. The van der Waals surface area contributed by atoms with Crippen LogP contribution >= 0.6 is 22.7 Å². The van der Waals surface area contributed by atoms with Crippen molar-refractivity contribution in [2.24, 2.45) is 0 Å². The highest BCUT2D eigenvalue weighted by atomic mass is 32.1. The summed E-state index contributed by atoms with van der Waals surface area (Å²) >= 11 is 3.48. The van der Waals surface area contributed by atoms with Crippen molar-refractivity contribution in [1.82, 2.24) is 5.32 Å². The van der Waals surface area contributed by atoms with Crippen LogP contribution < -0.4 is 5.32 Å². The van der Waals surface area contributed by atoms with Crippen molar-refractivity contribution in [2.75, 3.05) is 0 Å². The van der Waals surface area contributed by atoms with Crippen molar-refractivity contribution in [3.8, 4) is 0 Å². The fraction of sp³-hybridized carbons (Fsp3) is 0.125. The Morgan fingerprint density at radius 2 is 1.65 bits per heavy atom. The summed E-state index contributed by atoms with van der Waals surface area (Å²) in [6.45, 7) is 0.651. The highest BCUT2D eigenvalue weighted by molar-refractivity contribution is 7.11. The smallest absolute Gasteiger partial charge is 0.123 e. The maximum absolute atomic E-state index is 13.2. The lowest BCUT2D eigenvalue weighted by Gasteiger charge is -2.16. The maximum atomic E-state index is 13.2. The van der Waals surface area contributed by atoms with Crippen molar-refractivity contribution in [2.45, 2.75) is 12.6 Å². The predicted molar refractivity (Wildman–Crippen MR) is 83.7 cm³/mol. The summed E-state index contributed by atoms with van der Waals surface area (Å²) in [6, 6.07) is 15.3. The van der Waals surface area contributed by atoms with Gasteiger partial charge in [0.1, 0.15) is 5.82 Å². The molecule has 0 aliphatic carbocycles. The second-order valence-corrected chi connectivity index (χ2v) is 6.43. The molecule has 0 bridgehead atoms. The van der Waals surface area contributed by atoms with E-state index in [0.717, 1.165) is 5.56 Å². The fourth-order valence-corrected chi connectivity index (χ4v) is 3.83. The first-order valence-electron chi connectivity index (χ1n) is 6.37. The van der Waals surface area contributed by atoms with Crippen molar-refractivity contribution >= 4 is 22.7 Å². The molecule has 0 unspecified atom stereocenters. The summed E-state index contributed by atoms with van der Waals surface area (Å²) in [5.74, 6) is -0.187. The molecule has 1 aromatic carbocycles. The van der Waals surface area contributed by atoms with Gasteiger partial charge in [-0.25, -0.2) is 4.39 Å². The van der Waals surface area contributed by atoms with Crippen LogP contribution in [0, 0.1) is 5.82 Å². The first-order chi connectivity index (χ1) is 9.83. The second kappa shape index (κ2) is 6.31. The van der Waals surface area contributed by atoms with Gasteiger partial charge in [-0.05, 0) is 40.6 Å². The number of hydrogen-bond donors (Lipinski definition) is 1. The molecule has 0 radical (unpaired) electrons. The summed E-state index contributed by atoms with van der Waals surface area (Å²) in [4.78, 5) is 2.56. The molecule has 0 aliphatic rings. The van der Waals surface area contributed by atoms with Gasteiger partial charge in [0.25, 0.3) is 0 Å². The zero-order valence-corrected chi connectivity index (χ0v) is 12.4. The molecule has 3 aromatic rings.